The van der Waals surface area contributed by atoms with E-state index in [-0.39, 0.29) is 11.6 Å². The van der Waals surface area contributed by atoms with Gasteiger partial charge in [-0.1, -0.05) is 0 Å². The van der Waals surface area contributed by atoms with Gasteiger partial charge in [0.15, 0.2) is 0 Å². The van der Waals surface area contributed by atoms with E-state index in [1.807, 2.05) is 0 Å². The van der Waals surface area contributed by atoms with Crippen molar-refractivity contribution in [2.75, 3.05) is 0 Å². The van der Waals surface area contributed by atoms with Crippen LogP contribution in [0.4, 0.5) is 26.3 Å². The summed E-state index contributed by atoms with van der Waals surface area (Å²) in [6, 6.07) is 1.20. The Balaban J connectivity index is 3.59. The Morgan fingerprint density at radius 3 is 1.35 bits per heavy atom. The molecule has 0 aromatic heterocycles. The molecule has 0 amide bonds. The molecule has 1 aromatic carbocycles. The third kappa shape index (κ3) is 3.32. The first kappa shape index (κ1) is 16.5. The highest BCUT2D eigenvalue weighted by Crippen LogP contribution is 2.39. The van der Waals surface area contributed by atoms with Gasteiger partial charge in [-0.15, -0.1) is 0 Å². The van der Waals surface area contributed by atoms with E-state index in [4.69, 9.17) is 0 Å². The zero-order valence-electron chi connectivity index (χ0n) is 10.9. The SMILES string of the molecule is CC(=O)C(C)(C)c1cc(C(F)(F)F)cc(C(F)(F)F)c1. The van der Waals surface area contributed by atoms with Gasteiger partial charge in [0.25, 0.3) is 0 Å². The Hall–Kier alpha value is -1.53. The average Bonchev–Trinajstić information content (AvgIpc) is 2.25. The minimum absolute atomic E-state index is 0.0414. The molecule has 0 spiro atoms. The third-order valence-corrected chi connectivity index (χ3v) is 3.19. The van der Waals surface area contributed by atoms with E-state index in [9.17, 15) is 31.1 Å². The molecule has 0 heterocycles. The van der Waals surface area contributed by atoms with E-state index in [0.29, 0.717) is 12.1 Å². The molecule has 0 atom stereocenters. The van der Waals surface area contributed by atoms with Crippen LogP contribution in [0.5, 0.6) is 0 Å². The topological polar surface area (TPSA) is 17.1 Å². The van der Waals surface area contributed by atoms with Crippen LogP contribution >= 0.6 is 0 Å². The summed E-state index contributed by atoms with van der Waals surface area (Å²) in [4.78, 5) is 11.4. The number of halogens is 6. The van der Waals surface area contributed by atoms with E-state index in [0.717, 1.165) is 6.92 Å². The lowest BCUT2D eigenvalue weighted by Gasteiger charge is -2.24. The molecule has 0 saturated carbocycles. The van der Waals surface area contributed by atoms with Crippen molar-refractivity contribution in [3.63, 3.8) is 0 Å². The lowest BCUT2D eigenvalue weighted by molar-refractivity contribution is -0.143. The van der Waals surface area contributed by atoms with Crippen molar-refractivity contribution in [3.05, 3.63) is 34.9 Å². The Morgan fingerprint density at radius 2 is 1.10 bits per heavy atom. The quantitative estimate of drug-likeness (QED) is 0.730. The van der Waals surface area contributed by atoms with Gasteiger partial charge in [-0.25, -0.2) is 0 Å². The van der Waals surface area contributed by atoms with Gasteiger partial charge in [0.2, 0.25) is 0 Å². The molecule has 0 radical (unpaired) electrons. The molecule has 1 rings (SSSR count). The number of ketones is 1. The molecule has 0 N–H and O–H groups in total. The normalized spacial score (nSPS) is 13.4. The number of carbonyl (C=O) groups excluding carboxylic acids is 1. The van der Waals surface area contributed by atoms with Gasteiger partial charge in [0.05, 0.1) is 11.1 Å². The lowest BCUT2D eigenvalue weighted by atomic mass is 9.80. The number of carbonyl (C=O) groups is 1. The second-order valence-electron chi connectivity index (χ2n) is 4.98. The average molecular weight is 298 g/mol. The molecule has 1 nitrogen and oxygen atoms in total. The Bertz CT molecular complexity index is 492. The first-order chi connectivity index (χ1) is 8.76. The summed E-state index contributed by atoms with van der Waals surface area (Å²) in [6.07, 6.45) is -9.83. The fourth-order valence-corrected chi connectivity index (χ4v) is 1.52. The highest BCUT2D eigenvalue weighted by atomic mass is 19.4. The second kappa shape index (κ2) is 4.79. The summed E-state index contributed by atoms with van der Waals surface area (Å²) in [5, 5.41) is 0. The number of rotatable bonds is 2. The fourth-order valence-electron chi connectivity index (χ4n) is 1.52. The van der Waals surface area contributed by atoms with E-state index in [1.54, 1.807) is 0 Å². The smallest absolute Gasteiger partial charge is 0.299 e. The number of Topliss-reactive ketones (excluding diaryl/α,β-unsaturated/α-hetero) is 1. The van der Waals surface area contributed by atoms with Gasteiger partial charge in [0.1, 0.15) is 5.78 Å². The summed E-state index contributed by atoms with van der Waals surface area (Å²) in [5.74, 6) is -0.523. The van der Waals surface area contributed by atoms with Gasteiger partial charge >= 0.3 is 12.4 Å². The molecule has 0 unspecified atom stereocenters. The molecule has 0 bridgehead atoms. The van der Waals surface area contributed by atoms with Gasteiger partial charge in [0, 0.05) is 5.41 Å². The van der Waals surface area contributed by atoms with Crippen molar-refractivity contribution < 1.29 is 31.1 Å². The summed E-state index contributed by atoms with van der Waals surface area (Å²) in [6.45, 7) is 3.68. The van der Waals surface area contributed by atoms with E-state index < -0.39 is 34.7 Å². The number of alkyl halides is 6. The molecular weight excluding hydrogens is 286 g/mol. The maximum Gasteiger partial charge on any atom is 0.416 e. The highest BCUT2D eigenvalue weighted by molar-refractivity contribution is 5.87. The fraction of sp³-hybridized carbons (Fsp3) is 0.462. The zero-order chi connectivity index (χ0) is 15.9. The van der Waals surface area contributed by atoms with Crippen LogP contribution in [0.1, 0.15) is 37.5 Å². The van der Waals surface area contributed by atoms with Crippen molar-refractivity contribution >= 4 is 5.78 Å². The minimum atomic E-state index is -4.91. The Kier molecular flexibility index (Phi) is 3.95. The third-order valence-electron chi connectivity index (χ3n) is 3.19. The lowest BCUT2D eigenvalue weighted by Crippen LogP contribution is -2.27. The first-order valence-electron chi connectivity index (χ1n) is 5.57. The predicted molar refractivity (Wildman–Crippen MR) is 60.2 cm³/mol. The molecule has 0 aliphatic rings. The predicted octanol–water partition coefficient (Wildman–Crippen LogP) is 4.59. The second-order valence-corrected chi connectivity index (χ2v) is 4.98. The van der Waals surface area contributed by atoms with Crippen LogP contribution in [-0.4, -0.2) is 5.78 Å². The largest absolute Gasteiger partial charge is 0.416 e. The summed E-state index contributed by atoms with van der Waals surface area (Å²) >= 11 is 0. The van der Waals surface area contributed by atoms with Gasteiger partial charge in [-0.2, -0.15) is 26.3 Å². The molecule has 7 heteroatoms. The van der Waals surface area contributed by atoms with Crippen LogP contribution < -0.4 is 0 Å². The molecular formula is C13H12F6O. The maximum atomic E-state index is 12.7. The molecule has 0 saturated heterocycles. The van der Waals surface area contributed by atoms with Crippen LogP contribution in [0.15, 0.2) is 18.2 Å². The Labute approximate surface area is 111 Å². The van der Waals surface area contributed by atoms with Crippen molar-refractivity contribution in [2.45, 2.75) is 38.5 Å². The summed E-state index contributed by atoms with van der Waals surface area (Å²) < 4.78 is 76.0. The highest BCUT2D eigenvalue weighted by Gasteiger charge is 2.39. The molecule has 1 aromatic rings. The van der Waals surface area contributed by atoms with Crippen molar-refractivity contribution in [2.24, 2.45) is 0 Å². The van der Waals surface area contributed by atoms with Gasteiger partial charge < -0.3 is 0 Å². The summed E-state index contributed by atoms with van der Waals surface area (Å²) in [7, 11) is 0. The zero-order valence-corrected chi connectivity index (χ0v) is 10.9. The van der Waals surface area contributed by atoms with E-state index in [2.05, 4.69) is 0 Å². The number of benzene rings is 1. The van der Waals surface area contributed by atoms with Gasteiger partial charge in [-0.05, 0) is 44.5 Å². The van der Waals surface area contributed by atoms with E-state index >= 15 is 0 Å². The van der Waals surface area contributed by atoms with E-state index in [1.165, 1.54) is 13.8 Å². The standard InChI is InChI=1S/C13H12F6O/c1-7(20)11(2,3)8-4-9(12(14,15)16)6-10(5-8)13(17,18)19/h4-6H,1-3H3. The van der Waals surface area contributed by atoms with Crippen LogP contribution in [0, 0.1) is 0 Å². The van der Waals surface area contributed by atoms with Crippen molar-refractivity contribution in [1.29, 1.82) is 0 Å². The number of hydrogen-bond acceptors (Lipinski definition) is 1. The monoisotopic (exact) mass is 298 g/mol. The van der Waals surface area contributed by atoms with Crippen LogP contribution in [0.2, 0.25) is 0 Å². The minimum Gasteiger partial charge on any atom is -0.299 e. The molecule has 20 heavy (non-hydrogen) atoms. The van der Waals surface area contributed by atoms with Crippen molar-refractivity contribution in [3.8, 4) is 0 Å². The molecule has 0 aliphatic carbocycles. The maximum absolute atomic E-state index is 12.7. The van der Waals surface area contributed by atoms with Crippen LogP contribution in [0.25, 0.3) is 0 Å². The number of hydrogen-bond donors (Lipinski definition) is 0. The Morgan fingerprint density at radius 1 is 0.800 bits per heavy atom. The first-order valence-corrected chi connectivity index (χ1v) is 5.57. The summed E-state index contributed by atoms with van der Waals surface area (Å²) in [5.41, 5.74) is -4.58. The molecule has 0 fully saturated rings. The molecule has 0 aliphatic heterocycles. The molecule has 112 valence electrons. The van der Waals surface area contributed by atoms with Crippen molar-refractivity contribution in [1.82, 2.24) is 0 Å². The van der Waals surface area contributed by atoms with Crippen LogP contribution in [-0.2, 0) is 22.6 Å². The van der Waals surface area contributed by atoms with Crippen LogP contribution in [0.3, 0.4) is 0 Å². The van der Waals surface area contributed by atoms with Gasteiger partial charge in [-0.3, -0.25) is 4.79 Å².